The van der Waals surface area contributed by atoms with Gasteiger partial charge in [0.15, 0.2) is 0 Å². The lowest BCUT2D eigenvalue weighted by atomic mass is 10.1. The lowest BCUT2D eigenvalue weighted by Crippen LogP contribution is -2.18. The Balaban J connectivity index is 1.95. The van der Waals surface area contributed by atoms with Crippen molar-refractivity contribution in [2.45, 2.75) is 13.5 Å². The lowest BCUT2D eigenvalue weighted by molar-refractivity contribution is 0.892. The van der Waals surface area contributed by atoms with Gasteiger partial charge in [0, 0.05) is 24.0 Å². The summed E-state index contributed by atoms with van der Waals surface area (Å²) in [5.74, 6) is 0. The first-order valence-corrected chi connectivity index (χ1v) is 7.28. The molecule has 1 aromatic carbocycles. The summed E-state index contributed by atoms with van der Waals surface area (Å²) in [5.41, 5.74) is 10.1. The van der Waals surface area contributed by atoms with Crippen molar-refractivity contribution in [2.75, 3.05) is 17.7 Å². The second kappa shape index (κ2) is 5.09. The van der Waals surface area contributed by atoms with E-state index in [0.29, 0.717) is 0 Å². The van der Waals surface area contributed by atoms with Crippen LogP contribution in [0.4, 0.5) is 11.4 Å². The molecule has 5 heteroatoms. The number of benzene rings is 1. The number of fused-ring (bicyclic) bond motifs is 1. The molecule has 2 N–H and O–H groups in total. The number of hydrogen-bond donors (Lipinski definition) is 1. The quantitative estimate of drug-likeness (QED) is 0.750. The first-order chi connectivity index (χ1) is 9.65. The molecular weight excluding hydrogens is 268 g/mol. The minimum absolute atomic E-state index is 0.750. The van der Waals surface area contributed by atoms with E-state index in [9.17, 15) is 0 Å². The van der Waals surface area contributed by atoms with E-state index < -0.39 is 0 Å². The van der Waals surface area contributed by atoms with Crippen molar-refractivity contribution < 1.29 is 0 Å². The third kappa shape index (κ3) is 2.32. The zero-order valence-corrected chi connectivity index (χ0v) is 12.3. The van der Waals surface area contributed by atoms with Gasteiger partial charge in [-0.2, -0.15) is 0 Å². The van der Waals surface area contributed by atoms with Crippen molar-refractivity contribution >= 4 is 33.6 Å². The molecule has 0 aliphatic carbocycles. The van der Waals surface area contributed by atoms with E-state index in [1.165, 1.54) is 0 Å². The minimum Gasteiger partial charge on any atom is -0.396 e. The van der Waals surface area contributed by atoms with Gasteiger partial charge in [0.1, 0.15) is 0 Å². The Morgan fingerprint density at radius 2 is 2.15 bits per heavy atom. The van der Waals surface area contributed by atoms with Gasteiger partial charge in [-0.3, -0.25) is 4.98 Å². The second-order valence-electron chi connectivity index (χ2n) is 4.78. The van der Waals surface area contributed by atoms with Gasteiger partial charge >= 0.3 is 0 Å². The molecule has 2 aromatic heterocycles. The average Bonchev–Trinajstić information content (AvgIpc) is 2.84. The fraction of sp³-hybridized carbons (Fsp3) is 0.200. The molecule has 3 aromatic rings. The van der Waals surface area contributed by atoms with Crippen LogP contribution in [0, 0.1) is 6.92 Å². The van der Waals surface area contributed by atoms with Gasteiger partial charge in [-0.1, -0.05) is 0 Å². The lowest BCUT2D eigenvalue weighted by Gasteiger charge is -2.21. The van der Waals surface area contributed by atoms with Crippen LogP contribution in [0.2, 0.25) is 0 Å². The van der Waals surface area contributed by atoms with Crippen LogP contribution in [0.25, 0.3) is 10.9 Å². The van der Waals surface area contributed by atoms with Crippen LogP contribution in [-0.4, -0.2) is 17.0 Å². The molecule has 20 heavy (non-hydrogen) atoms. The summed E-state index contributed by atoms with van der Waals surface area (Å²) in [4.78, 5) is 10.9. The number of nitrogen functional groups attached to an aromatic ring is 1. The summed E-state index contributed by atoms with van der Waals surface area (Å²) in [6, 6.07) is 7.93. The number of aryl methyl sites for hydroxylation is 1. The predicted molar refractivity (Wildman–Crippen MR) is 85.1 cm³/mol. The van der Waals surface area contributed by atoms with Crippen LogP contribution >= 0.6 is 11.3 Å². The molecule has 0 bridgehead atoms. The highest BCUT2D eigenvalue weighted by Crippen LogP contribution is 2.30. The standard InChI is InChI=1S/C15H16N4S/c1-10-18-11(9-20-10)8-19(2)14-6-5-13-12(15(14)16)4-3-7-17-13/h3-7,9H,8,16H2,1-2H3. The predicted octanol–water partition coefficient (Wildman–Crippen LogP) is 3.22. The highest BCUT2D eigenvalue weighted by Gasteiger charge is 2.10. The van der Waals surface area contributed by atoms with Crippen molar-refractivity contribution in [1.82, 2.24) is 9.97 Å². The topological polar surface area (TPSA) is 55.0 Å². The van der Waals surface area contributed by atoms with Crippen LogP contribution < -0.4 is 10.6 Å². The van der Waals surface area contributed by atoms with E-state index in [1.54, 1.807) is 17.5 Å². The van der Waals surface area contributed by atoms with Crippen LogP contribution in [-0.2, 0) is 6.54 Å². The highest BCUT2D eigenvalue weighted by atomic mass is 32.1. The van der Waals surface area contributed by atoms with Crippen LogP contribution in [0.3, 0.4) is 0 Å². The number of thiazole rings is 1. The molecule has 0 unspecified atom stereocenters. The first-order valence-electron chi connectivity index (χ1n) is 6.40. The molecule has 0 saturated heterocycles. The highest BCUT2D eigenvalue weighted by molar-refractivity contribution is 7.09. The van der Waals surface area contributed by atoms with Gasteiger partial charge in [0.05, 0.1) is 34.1 Å². The fourth-order valence-electron chi connectivity index (χ4n) is 2.31. The molecule has 0 spiro atoms. The van der Waals surface area contributed by atoms with Gasteiger partial charge in [-0.15, -0.1) is 11.3 Å². The molecule has 102 valence electrons. The van der Waals surface area contributed by atoms with E-state index >= 15 is 0 Å². The monoisotopic (exact) mass is 284 g/mol. The van der Waals surface area contributed by atoms with Gasteiger partial charge in [0.25, 0.3) is 0 Å². The van der Waals surface area contributed by atoms with Crippen LogP contribution in [0.1, 0.15) is 10.7 Å². The van der Waals surface area contributed by atoms with Gasteiger partial charge in [-0.05, 0) is 31.2 Å². The minimum atomic E-state index is 0.750. The Bertz CT molecular complexity index is 750. The van der Waals surface area contributed by atoms with Crippen molar-refractivity contribution in [3.8, 4) is 0 Å². The number of anilines is 2. The molecule has 0 amide bonds. The van der Waals surface area contributed by atoms with Crippen molar-refractivity contribution in [3.63, 3.8) is 0 Å². The Hall–Kier alpha value is -2.14. The molecule has 0 fully saturated rings. The van der Waals surface area contributed by atoms with E-state index in [0.717, 1.165) is 39.5 Å². The summed E-state index contributed by atoms with van der Waals surface area (Å²) < 4.78 is 0. The number of pyridine rings is 1. The van der Waals surface area contributed by atoms with Gasteiger partial charge in [-0.25, -0.2) is 4.98 Å². The molecule has 2 heterocycles. The van der Waals surface area contributed by atoms with Gasteiger partial charge in [0.2, 0.25) is 0 Å². The Kier molecular flexibility index (Phi) is 3.28. The molecule has 3 rings (SSSR count). The fourth-order valence-corrected chi connectivity index (χ4v) is 2.91. The van der Waals surface area contributed by atoms with Gasteiger partial charge < -0.3 is 10.6 Å². The third-order valence-electron chi connectivity index (χ3n) is 3.28. The molecule has 0 aliphatic heterocycles. The first kappa shape index (κ1) is 12.9. The number of rotatable bonds is 3. The summed E-state index contributed by atoms with van der Waals surface area (Å²) in [7, 11) is 2.03. The second-order valence-corrected chi connectivity index (χ2v) is 5.84. The molecule has 0 aliphatic rings. The summed E-state index contributed by atoms with van der Waals surface area (Å²) in [6.45, 7) is 2.77. The van der Waals surface area contributed by atoms with Crippen molar-refractivity contribution in [1.29, 1.82) is 0 Å². The maximum absolute atomic E-state index is 6.28. The maximum Gasteiger partial charge on any atom is 0.0898 e. The zero-order valence-electron chi connectivity index (χ0n) is 11.5. The summed E-state index contributed by atoms with van der Waals surface area (Å²) >= 11 is 1.67. The molecule has 0 radical (unpaired) electrons. The largest absolute Gasteiger partial charge is 0.396 e. The number of nitrogens with zero attached hydrogens (tertiary/aromatic N) is 3. The zero-order chi connectivity index (χ0) is 14.1. The van der Waals surface area contributed by atoms with E-state index in [-0.39, 0.29) is 0 Å². The Morgan fingerprint density at radius 1 is 1.30 bits per heavy atom. The third-order valence-corrected chi connectivity index (χ3v) is 4.10. The number of hydrogen-bond acceptors (Lipinski definition) is 5. The molecule has 0 atom stereocenters. The smallest absolute Gasteiger partial charge is 0.0898 e. The molecule has 0 saturated carbocycles. The summed E-state index contributed by atoms with van der Waals surface area (Å²) in [6.07, 6.45) is 1.78. The normalized spacial score (nSPS) is 10.9. The van der Waals surface area contributed by atoms with Crippen LogP contribution in [0.5, 0.6) is 0 Å². The molecule has 4 nitrogen and oxygen atoms in total. The number of aromatic nitrogens is 2. The van der Waals surface area contributed by atoms with Crippen LogP contribution in [0.15, 0.2) is 35.8 Å². The van der Waals surface area contributed by atoms with Crippen molar-refractivity contribution in [3.05, 3.63) is 46.5 Å². The van der Waals surface area contributed by atoms with E-state index in [4.69, 9.17) is 5.73 Å². The maximum atomic E-state index is 6.28. The average molecular weight is 284 g/mol. The summed E-state index contributed by atoms with van der Waals surface area (Å²) in [5, 5.41) is 4.17. The SMILES string of the molecule is Cc1nc(CN(C)c2ccc3ncccc3c2N)cs1. The number of nitrogens with two attached hydrogens (primary N) is 1. The van der Waals surface area contributed by atoms with Crippen molar-refractivity contribution in [2.24, 2.45) is 0 Å². The Labute approximate surface area is 121 Å². The van der Waals surface area contributed by atoms with E-state index in [2.05, 4.69) is 20.2 Å². The van der Waals surface area contributed by atoms with E-state index in [1.807, 2.05) is 38.2 Å². The molecular formula is C15H16N4S. The Morgan fingerprint density at radius 3 is 2.90 bits per heavy atom.